The molecule has 6 nitrogen and oxygen atoms in total. The fourth-order valence-corrected chi connectivity index (χ4v) is 3.52. The van der Waals surface area contributed by atoms with Gasteiger partial charge in [-0.25, -0.2) is 4.39 Å². The molecule has 0 spiro atoms. The normalized spacial score (nSPS) is 16.1. The van der Waals surface area contributed by atoms with Crippen LogP contribution in [0.3, 0.4) is 0 Å². The van der Waals surface area contributed by atoms with Crippen LogP contribution < -0.4 is 15.4 Å². The monoisotopic (exact) mass is 536 g/mol. The second-order valence-corrected chi connectivity index (χ2v) is 7.79. The number of hydrogen-bond acceptors (Lipinski definition) is 4. The lowest BCUT2D eigenvalue weighted by molar-refractivity contribution is 0.0417. The quantitative estimate of drug-likeness (QED) is 0.256. The van der Waals surface area contributed by atoms with Gasteiger partial charge < -0.3 is 20.5 Å². The largest absolute Gasteiger partial charge is 0.494 e. The molecule has 0 radical (unpaired) electrons. The van der Waals surface area contributed by atoms with Crippen LogP contribution in [-0.2, 0) is 6.54 Å². The van der Waals surface area contributed by atoms with Crippen LogP contribution in [0.2, 0.25) is 0 Å². The van der Waals surface area contributed by atoms with Crippen LogP contribution in [0, 0.1) is 5.82 Å². The third kappa shape index (κ3) is 8.19. The van der Waals surface area contributed by atoms with Crippen LogP contribution >= 0.6 is 24.0 Å². The van der Waals surface area contributed by atoms with Crippen molar-refractivity contribution in [3.63, 3.8) is 0 Å². The second kappa shape index (κ2) is 13.3. The molecule has 1 aliphatic rings. The van der Waals surface area contributed by atoms with Crippen LogP contribution in [0.5, 0.6) is 5.75 Å². The van der Waals surface area contributed by atoms with Crippen molar-refractivity contribution in [2.45, 2.75) is 64.6 Å². The molecule has 172 valence electrons. The van der Waals surface area contributed by atoms with Crippen molar-refractivity contribution in [2.24, 2.45) is 4.99 Å². The minimum Gasteiger partial charge on any atom is -0.494 e. The number of ether oxygens (including phenoxy) is 1. The lowest BCUT2D eigenvalue weighted by Crippen LogP contribution is -2.49. The molecule has 0 saturated carbocycles. The molecule has 1 saturated heterocycles. The molecule has 0 atom stereocenters. The lowest BCUT2D eigenvalue weighted by Gasteiger charge is -2.33. The fourth-order valence-electron chi connectivity index (χ4n) is 3.52. The van der Waals surface area contributed by atoms with Crippen molar-refractivity contribution >= 4 is 29.9 Å². The Labute approximate surface area is 197 Å². The zero-order valence-electron chi connectivity index (χ0n) is 18.7. The molecule has 1 aromatic rings. The lowest BCUT2D eigenvalue weighted by atomic mass is 9.98. The maximum absolute atomic E-state index is 13.9. The maximum atomic E-state index is 13.9. The number of rotatable bonds is 9. The van der Waals surface area contributed by atoms with Crippen molar-refractivity contribution in [2.75, 3.05) is 33.3 Å². The highest BCUT2D eigenvalue weighted by Crippen LogP contribution is 2.20. The van der Waals surface area contributed by atoms with Gasteiger partial charge >= 0.3 is 0 Å². The standard InChI is InChI=1S/C22H37FN4O2.HI/c1-5-22(28,6-2)16-25-21(24-7-3)26-18-10-12-27(13-11-18)15-17-8-9-20(29-4)19(23)14-17;/h8-9,14,18,28H,5-7,10-13,15-16H2,1-4H3,(H2,24,25,26);1H. The first kappa shape index (κ1) is 26.9. The Hall–Kier alpha value is -1.13. The molecule has 0 aromatic heterocycles. The Bertz CT molecular complexity index is 663. The van der Waals surface area contributed by atoms with Crippen molar-refractivity contribution in [1.29, 1.82) is 0 Å². The smallest absolute Gasteiger partial charge is 0.191 e. The number of aliphatic hydroxyl groups is 1. The SMILES string of the molecule is CCNC(=NCC(O)(CC)CC)NC1CCN(Cc2ccc(OC)c(F)c2)CC1.I. The molecular formula is C22H38FIN4O2. The molecule has 3 N–H and O–H groups in total. The number of guanidine groups is 1. The molecule has 1 heterocycles. The molecule has 1 fully saturated rings. The van der Waals surface area contributed by atoms with Crippen LogP contribution in [0.15, 0.2) is 23.2 Å². The van der Waals surface area contributed by atoms with Gasteiger partial charge in [0.15, 0.2) is 17.5 Å². The molecule has 0 bridgehead atoms. The molecule has 0 amide bonds. The van der Waals surface area contributed by atoms with E-state index < -0.39 is 5.60 Å². The zero-order valence-corrected chi connectivity index (χ0v) is 21.0. The van der Waals surface area contributed by atoms with Gasteiger partial charge in [-0.15, -0.1) is 24.0 Å². The van der Waals surface area contributed by atoms with E-state index >= 15 is 0 Å². The Morgan fingerprint density at radius 3 is 2.47 bits per heavy atom. The average Bonchev–Trinajstić information content (AvgIpc) is 2.73. The van der Waals surface area contributed by atoms with Crippen LogP contribution in [0.25, 0.3) is 0 Å². The van der Waals surface area contributed by atoms with Gasteiger partial charge in [0.1, 0.15) is 0 Å². The highest BCUT2D eigenvalue weighted by molar-refractivity contribution is 14.0. The Morgan fingerprint density at radius 1 is 1.27 bits per heavy atom. The number of methoxy groups -OCH3 is 1. The summed E-state index contributed by atoms with van der Waals surface area (Å²) in [4.78, 5) is 6.96. The number of hydrogen-bond donors (Lipinski definition) is 3. The third-order valence-electron chi connectivity index (χ3n) is 5.74. The summed E-state index contributed by atoms with van der Waals surface area (Å²) in [6.45, 7) is 9.83. The molecule has 0 unspecified atom stereocenters. The van der Waals surface area contributed by atoms with E-state index in [4.69, 9.17) is 4.74 Å². The highest BCUT2D eigenvalue weighted by atomic mass is 127. The fraction of sp³-hybridized carbons (Fsp3) is 0.682. The van der Waals surface area contributed by atoms with Gasteiger partial charge in [-0.05, 0) is 50.3 Å². The Balaban J connectivity index is 0.00000450. The van der Waals surface area contributed by atoms with E-state index in [9.17, 15) is 9.50 Å². The van der Waals surface area contributed by atoms with Crippen LogP contribution in [0.1, 0.15) is 52.0 Å². The van der Waals surface area contributed by atoms with Crippen LogP contribution in [0.4, 0.5) is 4.39 Å². The first-order valence-corrected chi connectivity index (χ1v) is 10.7. The van der Waals surface area contributed by atoms with Crippen molar-refractivity contribution < 1.29 is 14.2 Å². The van der Waals surface area contributed by atoms with Gasteiger partial charge in [0.25, 0.3) is 0 Å². The van der Waals surface area contributed by atoms with Gasteiger partial charge in [-0.3, -0.25) is 9.89 Å². The van der Waals surface area contributed by atoms with E-state index in [-0.39, 0.29) is 35.5 Å². The predicted molar refractivity (Wildman–Crippen MR) is 131 cm³/mol. The first-order valence-electron chi connectivity index (χ1n) is 10.7. The number of piperidine rings is 1. The number of nitrogens with one attached hydrogen (secondary N) is 2. The summed E-state index contributed by atoms with van der Waals surface area (Å²) in [7, 11) is 1.48. The van der Waals surface area contributed by atoms with E-state index in [0.717, 1.165) is 50.5 Å². The molecule has 2 rings (SSSR count). The van der Waals surface area contributed by atoms with E-state index in [1.807, 2.05) is 26.8 Å². The van der Waals surface area contributed by atoms with E-state index in [1.165, 1.54) is 7.11 Å². The van der Waals surface area contributed by atoms with Crippen LogP contribution in [-0.4, -0.2) is 60.9 Å². The summed E-state index contributed by atoms with van der Waals surface area (Å²) < 4.78 is 18.9. The topological polar surface area (TPSA) is 69.1 Å². The average molecular weight is 536 g/mol. The molecule has 30 heavy (non-hydrogen) atoms. The van der Waals surface area contributed by atoms with Gasteiger partial charge in [0.2, 0.25) is 0 Å². The minimum atomic E-state index is -0.737. The van der Waals surface area contributed by atoms with Gasteiger partial charge in [0.05, 0.1) is 19.3 Å². The summed E-state index contributed by atoms with van der Waals surface area (Å²) in [6.07, 6.45) is 3.37. The number of benzene rings is 1. The second-order valence-electron chi connectivity index (χ2n) is 7.79. The van der Waals surface area contributed by atoms with Crippen molar-refractivity contribution in [3.05, 3.63) is 29.6 Å². The molecular weight excluding hydrogens is 498 g/mol. The zero-order chi connectivity index (χ0) is 21.3. The summed E-state index contributed by atoms with van der Waals surface area (Å²) in [5.41, 5.74) is 0.224. The number of aliphatic imine (C=N–C) groups is 1. The Morgan fingerprint density at radius 2 is 1.93 bits per heavy atom. The molecule has 1 aliphatic heterocycles. The third-order valence-corrected chi connectivity index (χ3v) is 5.74. The Kier molecular flexibility index (Phi) is 11.9. The summed E-state index contributed by atoms with van der Waals surface area (Å²) >= 11 is 0. The molecule has 8 heteroatoms. The number of nitrogens with zero attached hydrogens (tertiary/aromatic N) is 2. The summed E-state index contributed by atoms with van der Waals surface area (Å²) in [5.74, 6) is 0.737. The summed E-state index contributed by atoms with van der Waals surface area (Å²) in [5, 5.41) is 17.3. The van der Waals surface area contributed by atoms with Crippen molar-refractivity contribution in [1.82, 2.24) is 15.5 Å². The van der Waals surface area contributed by atoms with Crippen molar-refractivity contribution in [3.8, 4) is 5.75 Å². The first-order chi connectivity index (χ1) is 13.9. The molecule has 1 aromatic carbocycles. The maximum Gasteiger partial charge on any atom is 0.191 e. The highest BCUT2D eigenvalue weighted by Gasteiger charge is 2.23. The number of likely N-dealkylation sites (tertiary alicyclic amines) is 1. The van der Waals surface area contributed by atoms with Gasteiger partial charge in [-0.1, -0.05) is 19.9 Å². The molecule has 0 aliphatic carbocycles. The predicted octanol–water partition coefficient (Wildman–Crippen LogP) is 3.52. The van der Waals surface area contributed by atoms with E-state index in [2.05, 4.69) is 20.5 Å². The van der Waals surface area contributed by atoms with E-state index in [1.54, 1.807) is 12.1 Å². The minimum absolute atomic E-state index is 0. The van der Waals surface area contributed by atoms with Gasteiger partial charge in [0, 0.05) is 32.2 Å². The van der Waals surface area contributed by atoms with E-state index in [0.29, 0.717) is 25.4 Å². The summed E-state index contributed by atoms with van der Waals surface area (Å²) in [6, 6.07) is 5.51. The van der Waals surface area contributed by atoms with Gasteiger partial charge in [-0.2, -0.15) is 0 Å². The number of halogens is 2.